The molecule has 1 aromatic rings. The molecule has 0 saturated carbocycles. The molecule has 0 fully saturated rings. The summed E-state index contributed by atoms with van der Waals surface area (Å²) >= 11 is 0. The standard InChI is InChI=1S/C16H25NO/c1-4-6-12-17(13-16(3,5-2)14-18)15-10-8-7-9-11-15/h7-11,14H,4-6,12-13H2,1-3H3. The first-order valence-electron chi connectivity index (χ1n) is 6.91. The summed E-state index contributed by atoms with van der Waals surface area (Å²) in [5, 5.41) is 0. The van der Waals surface area contributed by atoms with E-state index in [2.05, 4.69) is 43.0 Å². The minimum Gasteiger partial charge on any atom is -0.371 e. The summed E-state index contributed by atoms with van der Waals surface area (Å²) in [7, 11) is 0. The van der Waals surface area contributed by atoms with Gasteiger partial charge in [0, 0.05) is 24.2 Å². The zero-order valence-corrected chi connectivity index (χ0v) is 11.9. The fourth-order valence-electron chi connectivity index (χ4n) is 1.96. The highest BCUT2D eigenvalue weighted by Crippen LogP contribution is 2.24. The maximum absolute atomic E-state index is 11.3. The van der Waals surface area contributed by atoms with Crippen LogP contribution < -0.4 is 4.90 Å². The second-order valence-corrected chi connectivity index (χ2v) is 5.24. The van der Waals surface area contributed by atoms with Gasteiger partial charge in [-0.15, -0.1) is 0 Å². The van der Waals surface area contributed by atoms with E-state index in [1.165, 1.54) is 12.1 Å². The molecule has 2 nitrogen and oxygen atoms in total. The number of anilines is 1. The zero-order valence-electron chi connectivity index (χ0n) is 11.9. The van der Waals surface area contributed by atoms with Crippen molar-refractivity contribution in [1.29, 1.82) is 0 Å². The molecule has 0 aromatic heterocycles. The van der Waals surface area contributed by atoms with Crippen LogP contribution in [0.5, 0.6) is 0 Å². The molecule has 100 valence electrons. The van der Waals surface area contributed by atoms with E-state index in [1.807, 2.05) is 13.0 Å². The first-order valence-corrected chi connectivity index (χ1v) is 6.91. The van der Waals surface area contributed by atoms with Crippen molar-refractivity contribution in [1.82, 2.24) is 0 Å². The van der Waals surface area contributed by atoms with Gasteiger partial charge in [0.05, 0.1) is 0 Å². The molecule has 0 amide bonds. The van der Waals surface area contributed by atoms with Crippen LogP contribution in [0.4, 0.5) is 5.69 Å². The molecule has 0 N–H and O–H groups in total. The third-order valence-electron chi connectivity index (χ3n) is 3.55. The van der Waals surface area contributed by atoms with Crippen LogP contribution in [0.1, 0.15) is 40.0 Å². The molecule has 0 bridgehead atoms. The molecule has 1 aromatic carbocycles. The number of unbranched alkanes of at least 4 members (excludes halogenated alkanes) is 1. The van der Waals surface area contributed by atoms with Gasteiger partial charge in [-0.25, -0.2) is 0 Å². The normalized spacial score (nSPS) is 13.9. The van der Waals surface area contributed by atoms with Crippen molar-refractivity contribution in [2.75, 3.05) is 18.0 Å². The highest BCUT2D eigenvalue weighted by atomic mass is 16.1. The maximum atomic E-state index is 11.3. The lowest BCUT2D eigenvalue weighted by molar-refractivity contribution is -0.115. The van der Waals surface area contributed by atoms with Gasteiger partial charge in [0.25, 0.3) is 0 Å². The Kier molecular flexibility index (Phi) is 5.90. The molecular weight excluding hydrogens is 222 g/mol. The molecule has 0 radical (unpaired) electrons. The van der Waals surface area contributed by atoms with Crippen molar-refractivity contribution in [2.24, 2.45) is 5.41 Å². The smallest absolute Gasteiger partial charge is 0.127 e. The Hall–Kier alpha value is -1.31. The number of aldehydes is 1. The molecule has 0 aliphatic carbocycles. The largest absolute Gasteiger partial charge is 0.371 e. The Morgan fingerprint density at radius 3 is 2.39 bits per heavy atom. The van der Waals surface area contributed by atoms with Gasteiger partial charge in [-0.3, -0.25) is 0 Å². The molecule has 0 aliphatic heterocycles. The Bertz CT molecular complexity index is 349. The fraction of sp³-hybridized carbons (Fsp3) is 0.562. The van der Waals surface area contributed by atoms with E-state index >= 15 is 0 Å². The molecule has 0 spiro atoms. The molecule has 1 unspecified atom stereocenters. The number of hydrogen-bond donors (Lipinski definition) is 0. The van der Waals surface area contributed by atoms with Crippen molar-refractivity contribution in [3.05, 3.63) is 30.3 Å². The molecular formula is C16H25NO. The Morgan fingerprint density at radius 1 is 1.22 bits per heavy atom. The molecule has 18 heavy (non-hydrogen) atoms. The van der Waals surface area contributed by atoms with Gasteiger partial charge in [-0.05, 0) is 25.0 Å². The summed E-state index contributed by atoms with van der Waals surface area (Å²) in [4.78, 5) is 13.6. The molecule has 1 rings (SSSR count). The van der Waals surface area contributed by atoms with Gasteiger partial charge >= 0.3 is 0 Å². The van der Waals surface area contributed by atoms with Crippen LogP contribution >= 0.6 is 0 Å². The van der Waals surface area contributed by atoms with E-state index in [-0.39, 0.29) is 5.41 Å². The first-order chi connectivity index (χ1) is 8.65. The number of carbonyl (C=O) groups excluding carboxylic acids is 1. The monoisotopic (exact) mass is 247 g/mol. The Labute approximate surface area is 111 Å². The van der Waals surface area contributed by atoms with Crippen molar-refractivity contribution in [3.8, 4) is 0 Å². The number of para-hydroxylation sites is 1. The van der Waals surface area contributed by atoms with Crippen LogP contribution in [0.25, 0.3) is 0 Å². The average Bonchev–Trinajstić information content (AvgIpc) is 2.44. The summed E-state index contributed by atoms with van der Waals surface area (Å²) in [6, 6.07) is 10.4. The topological polar surface area (TPSA) is 20.3 Å². The van der Waals surface area contributed by atoms with Crippen molar-refractivity contribution in [2.45, 2.75) is 40.0 Å². The number of benzene rings is 1. The minimum absolute atomic E-state index is 0.246. The van der Waals surface area contributed by atoms with Gasteiger partial charge in [0.2, 0.25) is 0 Å². The lowest BCUT2D eigenvalue weighted by Crippen LogP contribution is -2.37. The van der Waals surface area contributed by atoms with Crippen molar-refractivity contribution < 1.29 is 4.79 Å². The highest BCUT2D eigenvalue weighted by Gasteiger charge is 2.24. The van der Waals surface area contributed by atoms with Crippen LogP contribution in [0.3, 0.4) is 0 Å². The van der Waals surface area contributed by atoms with Gasteiger partial charge in [0.1, 0.15) is 6.29 Å². The van der Waals surface area contributed by atoms with E-state index in [1.54, 1.807) is 0 Å². The summed E-state index contributed by atoms with van der Waals surface area (Å²) in [5.41, 5.74) is 0.969. The first kappa shape index (κ1) is 14.7. The summed E-state index contributed by atoms with van der Waals surface area (Å²) in [6.45, 7) is 8.14. The fourth-order valence-corrected chi connectivity index (χ4v) is 1.96. The van der Waals surface area contributed by atoms with Gasteiger partial charge in [-0.2, -0.15) is 0 Å². The summed E-state index contributed by atoms with van der Waals surface area (Å²) in [6.07, 6.45) is 4.32. The lowest BCUT2D eigenvalue weighted by atomic mass is 9.88. The van der Waals surface area contributed by atoms with Gasteiger partial charge in [-0.1, -0.05) is 45.4 Å². The third kappa shape index (κ3) is 4.17. The van der Waals surface area contributed by atoms with Crippen molar-refractivity contribution >= 4 is 12.0 Å². The maximum Gasteiger partial charge on any atom is 0.127 e. The van der Waals surface area contributed by atoms with Crippen LogP contribution in [-0.2, 0) is 4.79 Å². The second kappa shape index (κ2) is 7.20. The van der Waals surface area contributed by atoms with Gasteiger partial charge < -0.3 is 9.69 Å². The van der Waals surface area contributed by atoms with Crippen LogP contribution in [-0.4, -0.2) is 19.4 Å². The van der Waals surface area contributed by atoms with Crippen LogP contribution in [0.15, 0.2) is 30.3 Å². The van der Waals surface area contributed by atoms with E-state index in [9.17, 15) is 4.79 Å². The zero-order chi connectivity index (χ0) is 13.4. The Balaban J connectivity index is 2.82. The van der Waals surface area contributed by atoms with E-state index in [0.717, 1.165) is 32.2 Å². The SMILES string of the molecule is CCCCN(CC(C)(C=O)CC)c1ccccc1. The molecule has 1 atom stereocenters. The van der Waals surface area contributed by atoms with Gasteiger partial charge in [0.15, 0.2) is 0 Å². The van der Waals surface area contributed by atoms with Crippen LogP contribution in [0.2, 0.25) is 0 Å². The summed E-state index contributed by atoms with van der Waals surface area (Å²) in [5.74, 6) is 0. The highest BCUT2D eigenvalue weighted by molar-refractivity contribution is 5.61. The predicted molar refractivity (Wildman–Crippen MR) is 78.0 cm³/mol. The van der Waals surface area contributed by atoms with E-state index < -0.39 is 0 Å². The second-order valence-electron chi connectivity index (χ2n) is 5.24. The molecule has 0 saturated heterocycles. The van der Waals surface area contributed by atoms with E-state index in [4.69, 9.17) is 0 Å². The lowest BCUT2D eigenvalue weighted by Gasteiger charge is -2.32. The van der Waals surface area contributed by atoms with Crippen LogP contribution in [0, 0.1) is 5.41 Å². The number of carbonyl (C=O) groups is 1. The van der Waals surface area contributed by atoms with E-state index in [0.29, 0.717) is 0 Å². The molecule has 0 heterocycles. The summed E-state index contributed by atoms with van der Waals surface area (Å²) < 4.78 is 0. The quantitative estimate of drug-likeness (QED) is 0.649. The predicted octanol–water partition coefficient (Wildman–Crippen LogP) is 3.91. The van der Waals surface area contributed by atoms with Crippen molar-refractivity contribution in [3.63, 3.8) is 0 Å². The number of nitrogens with zero attached hydrogens (tertiary/aromatic N) is 1. The average molecular weight is 247 g/mol. The molecule has 0 aliphatic rings. The molecule has 2 heteroatoms. The Morgan fingerprint density at radius 2 is 1.89 bits per heavy atom. The number of rotatable bonds is 8. The number of hydrogen-bond acceptors (Lipinski definition) is 2. The third-order valence-corrected chi connectivity index (χ3v) is 3.55. The minimum atomic E-state index is -0.246.